The Labute approximate surface area is 107 Å². The van der Waals surface area contributed by atoms with Crippen molar-refractivity contribution in [2.45, 2.75) is 26.0 Å². The minimum Gasteiger partial charge on any atom is -0.496 e. The molecule has 0 spiro atoms. The number of ether oxygens (including phenoxy) is 1. The van der Waals surface area contributed by atoms with Gasteiger partial charge in [-0.3, -0.25) is 0 Å². The summed E-state index contributed by atoms with van der Waals surface area (Å²) in [5.41, 5.74) is 5.00. The number of fused-ring (bicyclic) bond motifs is 3. The van der Waals surface area contributed by atoms with Gasteiger partial charge in [-0.2, -0.15) is 0 Å². The molecule has 94 valence electrons. The molecule has 3 heteroatoms. The number of aliphatic hydroxyl groups excluding tert-OH is 1. The molecule has 0 radical (unpaired) electrons. The highest BCUT2D eigenvalue weighted by atomic mass is 16.5. The van der Waals surface area contributed by atoms with Crippen molar-refractivity contribution < 1.29 is 9.84 Å². The van der Waals surface area contributed by atoms with Crippen LogP contribution < -0.4 is 4.74 Å². The fourth-order valence-electron chi connectivity index (χ4n) is 2.77. The lowest BCUT2D eigenvalue weighted by atomic mass is 10.1. The molecular weight excluding hydrogens is 226 g/mol. The molecule has 0 fully saturated rings. The standard InChI is InChI=1S/C15H17NO2/c1-10(17)9-16-7-6-12-8-11-4-3-5-13(18-2)14(11)15(12)16/h3-7,10,17H,8-9H2,1-2H3. The lowest BCUT2D eigenvalue weighted by molar-refractivity contribution is 0.174. The number of hydrogen-bond donors (Lipinski definition) is 1. The second kappa shape index (κ2) is 4.18. The van der Waals surface area contributed by atoms with E-state index < -0.39 is 0 Å². The summed E-state index contributed by atoms with van der Waals surface area (Å²) in [5, 5.41) is 9.58. The van der Waals surface area contributed by atoms with E-state index in [1.54, 1.807) is 7.11 Å². The van der Waals surface area contributed by atoms with Gasteiger partial charge >= 0.3 is 0 Å². The van der Waals surface area contributed by atoms with Gasteiger partial charge in [0.25, 0.3) is 0 Å². The van der Waals surface area contributed by atoms with Gasteiger partial charge in [-0.15, -0.1) is 0 Å². The zero-order chi connectivity index (χ0) is 12.7. The number of aromatic nitrogens is 1. The summed E-state index contributed by atoms with van der Waals surface area (Å²) >= 11 is 0. The van der Waals surface area contributed by atoms with Crippen LogP contribution in [-0.2, 0) is 13.0 Å². The van der Waals surface area contributed by atoms with Crippen LogP contribution in [0.4, 0.5) is 0 Å². The maximum Gasteiger partial charge on any atom is 0.128 e. The summed E-state index contributed by atoms with van der Waals surface area (Å²) in [5.74, 6) is 0.914. The fraction of sp³-hybridized carbons (Fsp3) is 0.333. The largest absolute Gasteiger partial charge is 0.496 e. The van der Waals surface area contributed by atoms with Crippen molar-refractivity contribution in [2.24, 2.45) is 0 Å². The number of aliphatic hydroxyl groups is 1. The minimum atomic E-state index is -0.347. The van der Waals surface area contributed by atoms with E-state index in [0.717, 1.165) is 12.2 Å². The molecule has 3 rings (SSSR count). The van der Waals surface area contributed by atoms with E-state index in [1.807, 2.05) is 25.3 Å². The first-order chi connectivity index (χ1) is 8.70. The highest BCUT2D eigenvalue weighted by molar-refractivity contribution is 5.79. The third-order valence-electron chi connectivity index (χ3n) is 3.46. The van der Waals surface area contributed by atoms with Crippen LogP contribution in [0.1, 0.15) is 18.1 Å². The zero-order valence-corrected chi connectivity index (χ0v) is 10.7. The Hall–Kier alpha value is -1.74. The number of rotatable bonds is 3. The fourth-order valence-corrected chi connectivity index (χ4v) is 2.77. The summed E-state index contributed by atoms with van der Waals surface area (Å²) in [6.07, 6.45) is 2.65. The van der Waals surface area contributed by atoms with Gasteiger partial charge in [0.1, 0.15) is 5.75 Å². The molecule has 3 nitrogen and oxygen atoms in total. The van der Waals surface area contributed by atoms with Crippen molar-refractivity contribution in [3.63, 3.8) is 0 Å². The second-order valence-corrected chi connectivity index (χ2v) is 4.86. The van der Waals surface area contributed by atoms with Crippen molar-refractivity contribution in [1.29, 1.82) is 0 Å². The number of methoxy groups -OCH3 is 1. The van der Waals surface area contributed by atoms with E-state index in [9.17, 15) is 5.11 Å². The number of nitrogens with zero attached hydrogens (tertiary/aromatic N) is 1. The van der Waals surface area contributed by atoms with Crippen LogP contribution in [0.3, 0.4) is 0 Å². The van der Waals surface area contributed by atoms with Gasteiger partial charge < -0.3 is 14.4 Å². The molecule has 1 heterocycles. The van der Waals surface area contributed by atoms with E-state index in [1.165, 1.54) is 22.4 Å². The molecular formula is C15H17NO2. The summed E-state index contributed by atoms with van der Waals surface area (Å²) < 4.78 is 7.59. The van der Waals surface area contributed by atoms with Gasteiger partial charge in [0.05, 0.1) is 18.9 Å². The summed E-state index contributed by atoms with van der Waals surface area (Å²) in [6, 6.07) is 8.30. The Morgan fingerprint density at radius 1 is 1.33 bits per heavy atom. The lowest BCUT2D eigenvalue weighted by Gasteiger charge is -2.13. The van der Waals surface area contributed by atoms with Crippen molar-refractivity contribution >= 4 is 0 Å². The molecule has 1 aromatic heterocycles. The molecule has 2 aromatic rings. The monoisotopic (exact) mass is 243 g/mol. The molecule has 1 N–H and O–H groups in total. The van der Waals surface area contributed by atoms with Crippen molar-refractivity contribution in [3.05, 3.63) is 41.6 Å². The third-order valence-corrected chi connectivity index (χ3v) is 3.46. The van der Waals surface area contributed by atoms with Crippen molar-refractivity contribution in [1.82, 2.24) is 4.57 Å². The average Bonchev–Trinajstić information content (AvgIpc) is 2.88. The van der Waals surface area contributed by atoms with Crippen LogP contribution >= 0.6 is 0 Å². The van der Waals surface area contributed by atoms with E-state index >= 15 is 0 Å². The smallest absolute Gasteiger partial charge is 0.128 e. The maximum atomic E-state index is 9.58. The van der Waals surface area contributed by atoms with Crippen LogP contribution in [0.15, 0.2) is 30.5 Å². The highest BCUT2D eigenvalue weighted by Gasteiger charge is 2.25. The molecule has 0 bridgehead atoms. The van der Waals surface area contributed by atoms with Gasteiger partial charge in [0, 0.05) is 24.7 Å². The molecule has 18 heavy (non-hydrogen) atoms. The van der Waals surface area contributed by atoms with Gasteiger partial charge in [-0.25, -0.2) is 0 Å². The lowest BCUT2D eigenvalue weighted by Crippen LogP contribution is -2.11. The van der Waals surface area contributed by atoms with Crippen molar-refractivity contribution in [3.8, 4) is 17.0 Å². The predicted octanol–water partition coefficient (Wildman–Crippen LogP) is 2.45. The van der Waals surface area contributed by atoms with Crippen LogP contribution in [-0.4, -0.2) is 22.9 Å². The minimum absolute atomic E-state index is 0.347. The van der Waals surface area contributed by atoms with E-state index in [4.69, 9.17) is 4.74 Å². The molecule has 1 atom stereocenters. The normalized spacial score (nSPS) is 14.2. The molecule has 1 aromatic carbocycles. The number of benzene rings is 1. The molecule has 0 aliphatic heterocycles. The molecule has 0 saturated heterocycles. The maximum absolute atomic E-state index is 9.58. The molecule has 1 aliphatic rings. The first kappa shape index (κ1) is 11.4. The SMILES string of the molecule is COc1cccc2c1-c1c(ccn1CC(C)O)C2. The molecule has 0 saturated carbocycles. The predicted molar refractivity (Wildman–Crippen MR) is 70.9 cm³/mol. The summed E-state index contributed by atoms with van der Waals surface area (Å²) in [7, 11) is 1.70. The first-order valence-corrected chi connectivity index (χ1v) is 6.23. The Bertz CT molecular complexity index is 584. The summed E-state index contributed by atoms with van der Waals surface area (Å²) in [6.45, 7) is 2.43. The Balaban J connectivity index is 2.15. The highest BCUT2D eigenvalue weighted by Crippen LogP contribution is 2.43. The zero-order valence-electron chi connectivity index (χ0n) is 10.7. The van der Waals surface area contributed by atoms with Crippen LogP contribution in [0.2, 0.25) is 0 Å². The van der Waals surface area contributed by atoms with Crippen LogP contribution in [0.5, 0.6) is 5.75 Å². The van der Waals surface area contributed by atoms with Gasteiger partial charge in [0.15, 0.2) is 0 Å². The van der Waals surface area contributed by atoms with E-state index in [0.29, 0.717) is 6.54 Å². The second-order valence-electron chi connectivity index (χ2n) is 4.86. The molecule has 1 unspecified atom stereocenters. The molecule has 0 amide bonds. The summed E-state index contributed by atoms with van der Waals surface area (Å²) in [4.78, 5) is 0. The van der Waals surface area contributed by atoms with E-state index in [2.05, 4.69) is 16.7 Å². The van der Waals surface area contributed by atoms with Gasteiger partial charge in [-0.1, -0.05) is 12.1 Å². The van der Waals surface area contributed by atoms with E-state index in [-0.39, 0.29) is 6.10 Å². The topological polar surface area (TPSA) is 34.4 Å². The van der Waals surface area contributed by atoms with Crippen molar-refractivity contribution in [2.75, 3.05) is 7.11 Å². The Kier molecular flexibility index (Phi) is 2.63. The van der Waals surface area contributed by atoms with Gasteiger partial charge in [0.2, 0.25) is 0 Å². The average molecular weight is 243 g/mol. The van der Waals surface area contributed by atoms with Crippen LogP contribution in [0.25, 0.3) is 11.3 Å². The quantitative estimate of drug-likeness (QED) is 0.766. The van der Waals surface area contributed by atoms with Crippen LogP contribution in [0, 0.1) is 0 Å². The van der Waals surface area contributed by atoms with Gasteiger partial charge in [-0.05, 0) is 30.2 Å². The number of hydrogen-bond acceptors (Lipinski definition) is 2. The Morgan fingerprint density at radius 3 is 2.89 bits per heavy atom. The Morgan fingerprint density at radius 2 is 2.17 bits per heavy atom. The molecule has 1 aliphatic carbocycles. The first-order valence-electron chi connectivity index (χ1n) is 6.23. The third kappa shape index (κ3) is 1.63.